The van der Waals surface area contributed by atoms with Crippen LogP contribution in [0.2, 0.25) is 0 Å². The van der Waals surface area contributed by atoms with Gasteiger partial charge in [0, 0.05) is 42.8 Å². The lowest BCUT2D eigenvalue weighted by Gasteiger charge is -2.29. The summed E-state index contributed by atoms with van der Waals surface area (Å²) in [6, 6.07) is 14.4. The number of morpholine rings is 1. The number of hydrogen-bond acceptors (Lipinski definition) is 5. The van der Waals surface area contributed by atoms with Gasteiger partial charge in [0.25, 0.3) is 5.91 Å². The van der Waals surface area contributed by atoms with Gasteiger partial charge >= 0.3 is 0 Å². The Balaban J connectivity index is 1.57. The zero-order chi connectivity index (χ0) is 19.9. The Hall–Kier alpha value is -3.06. The fraction of sp³-hybridized carbons (Fsp3) is 0.333. The van der Waals surface area contributed by atoms with E-state index in [1.807, 2.05) is 30.3 Å². The first-order chi connectivity index (χ1) is 13.6. The average Bonchev–Trinajstić information content (AvgIpc) is 2.74. The fourth-order valence-electron chi connectivity index (χ4n) is 3.04. The monoisotopic (exact) mass is 382 g/mol. The zero-order valence-electron chi connectivity index (χ0n) is 16.2. The average molecular weight is 382 g/mol. The number of hydrogen-bond donors (Lipinski definition) is 3. The molecule has 1 saturated heterocycles. The minimum Gasteiger partial charge on any atom is -0.378 e. The number of carbonyl (C=O) groups excluding carboxylic acids is 2. The molecule has 0 radical (unpaired) electrons. The number of nitrogens with one attached hydrogen (secondary N) is 3. The molecule has 0 saturated carbocycles. The fourth-order valence-corrected chi connectivity index (χ4v) is 3.04. The van der Waals surface area contributed by atoms with Crippen molar-refractivity contribution in [3.63, 3.8) is 0 Å². The van der Waals surface area contributed by atoms with Crippen LogP contribution in [0.15, 0.2) is 48.5 Å². The third-order valence-electron chi connectivity index (χ3n) is 4.64. The van der Waals surface area contributed by atoms with Crippen molar-refractivity contribution in [2.45, 2.75) is 13.0 Å². The van der Waals surface area contributed by atoms with Crippen LogP contribution >= 0.6 is 0 Å². The number of benzene rings is 2. The molecular weight excluding hydrogens is 356 g/mol. The van der Waals surface area contributed by atoms with Crippen molar-refractivity contribution in [1.82, 2.24) is 5.32 Å². The van der Waals surface area contributed by atoms with Gasteiger partial charge in [0.1, 0.15) is 6.04 Å². The molecule has 2 aromatic rings. The molecule has 1 atom stereocenters. The molecule has 0 aliphatic carbocycles. The first-order valence-electron chi connectivity index (χ1n) is 9.39. The molecule has 7 heteroatoms. The van der Waals surface area contributed by atoms with Gasteiger partial charge in [-0.05, 0) is 49.4 Å². The van der Waals surface area contributed by atoms with E-state index in [2.05, 4.69) is 20.9 Å². The van der Waals surface area contributed by atoms with E-state index in [1.165, 1.54) is 0 Å². The van der Waals surface area contributed by atoms with Gasteiger partial charge in [-0.15, -0.1) is 0 Å². The zero-order valence-corrected chi connectivity index (χ0v) is 16.2. The molecular formula is C21H26N4O3. The van der Waals surface area contributed by atoms with Crippen molar-refractivity contribution in [3.05, 3.63) is 54.1 Å². The van der Waals surface area contributed by atoms with Crippen LogP contribution in [-0.2, 0) is 9.53 Å². The van der Waals surface area contributed by atoms with Gasteiger partial charge in [-0.2, -0.15) is 0 Å². The van der Waals surface area contributed by atoms with Crippen LogP contribution in [0, 0.1) is 0 Å². The van der Waals surface area contributed by atoms with Crippen LogP contribution < -0.4 is 20.9 Å². The van der Waals surface area contributed by atoms with E-state index in [9.17, 15) is 9.59 Å². The van der Waals surface area contributed by atoms with E-state index in [1.54, 1.807) is 32.2 Å². The molecule has 1 aliphatic heterocycles. The molecule has 3 rings (SSSR count). The second kappa shape index (κ2) is 9.23. The third-order valence-corrected chi connectivity index (χ3v) is 4.64. The maximum absolute atomic E-state index is 12.5. The molecule has 2 amide bonds. The summed E-state index contributed by atoms with van der Waals surface area (Å²) in [6.45, 7) is 5.01. The smallest absolute Gasteiger partial charge is 0.251 e. The lowest BCUT2D eigenvalue weighted by molar-refractivity contribution is -0.116. The Kier molecular flexibility index (Phi) is 6.49. The van der Waals surface area contributed by atoms with Crippen LogP contribution in [0.3, 0.4) is 0 Å². The second-order valence-electron chi connectivity index (χ2n) is 6.66. The lowest BCUT2D eigenvalue weighted by Crippen LogP contribution is -2.36. The SMILES string of the molecule is CNC(=O)c1cccc(N[C@H](C)C(=O)Nc2ccc(N3CCOCC3)cc2)c1. The standard InChI is InChI=1S/C21H26N4O3/c1-15(23-18-5-3-4-16(14-18)21(27)22-2)20(26)24-17-6-8-19(9-7-17)25-10-12-28-13-11-25/h3-9,14-15,23H,10-13H2,1-2H3,(H,22,27)(H,24,26)/t15-/m1/s1. The summed E-state index contributed by atoms with van der Waals surface area (Å²) in [7, 11) is 1.59. The molecule has 1 fully saturated rings. The number of ether oxygens (including phenoxy) is 1. The highest BCUT2D eigenvalue weighted by atomic mass is 16.5. The topological polar surface area (TPSA) is 82.7 Å². The predicted octanol–water partition coefficient (Wildman–Crippen LogP) is 2.32. The quantitative estimate of drug-likeness (QED) is 0.714. The van der Waals surface area contributed by atoms with Gasteiger partial charge in [-0.1, -0.05) is 6.07 Å². The van der Waals surface area contributed by atoms with Gasteiger partial charge in [0.05, 0.1) is 13.2 Å². The third kappa shape index (κ3) is 5.01. The van der Waals surface area contributed by atoms with E-state index in [4.69, 9.17) is 4.74 Å². The molecule has 0 aromatic heterocycles. The Labute approximate surface area is 165 Å². The van der Waals surface area contributed by atoms with Crippen molar-refractivity contribution in [1.29, 1.82) is 0 Å². The molecule has 0 spiro atoms. The van der Waals surface area contributed by atoms with Crippen molar-refractivity contribution < 1.29 is 14.3 Å². The molecule has 148 valence electrons. The van der Waals surface area contributed by atoms with Crippen molar-refractivity contribution in [2.24, 2.45) is 0 Å². The van der Waals surface area contributed by atoms with Gasteiger partial charge < -0.3 is 25.6 Å². The number of rotatable bonds is 6. The van der Waals surface area contributed by atoms with E-state index in [-0.39, 0.29) is 11.8 Å². The number of nitrogens with zero attached hydrogens (tertiary/aromatic N) is 1. The number of carbonyl (C=O) groups is 2. The second-order valence-corrected chi connectivity index (χ2v) is 6.66. The summed E-state index contributed by atoms with van der Waals surface area (Å²) >= 11 is 0. The van der Waals surface area contributed by atoms with E-state index >= 15 is 0 Å². The summed E-state index contributed by atoms with van der Waals surface area (Å²) < 4.78 is 5.37. The first-order valence-corrected chi connectivity index (χ1v) is 9.39. The molecule has 1 aliphatic rings. The van der Waals surface area contributed by atoms with Crippen LogP contribution in [-0.4, -0.2) is 51.2 Å². The molecule has 7 nitrogen and oxygen atoms in total. The summed E-state index contributed by atoms with van der Waals surface area (Å²) in [5, 5.41) is 8.64. The summed E-state index contributed by atoms with van der Waals surface area (Å²) in [4.78, 5) is 26.5. The summed E-state index contributed by atoms with van der Waals surface area (Å²) in [5.41, 5.74) is 3.12. The largest absolute Gasteiger partial charge is 0.378 e. The Morgan fingerprint density at radius 3 is 2.43 bits per heavy atom. The minimum atomic E-state index is -0.459. The Morgan fingerprint density at radius 2 is 1.75 bits per heavy atom. The molecule has 0 unspecified atom stereocenters. The minimum absolute atomic E-state index is 0.149. The number of anilines is 3. The van der Waals surface area contributed by atoms with Gasteiger partial charge in [-0.3, -0.25) is 9.59 Å². The van der Waals surface area contributed by atoms with E-state index < -0.39 is 6.04 Å². The molecule has 0 bridgehead atoms. The lowest BCUT2D eigenvalue weighted by atomic mass is 10.1. The summed E-state index contributed by atoms with van der Waals surface area (Å²) in [5.74, 6) is -0.314. The maximum atomic E-state index is 12.5. The van der Waals surface area contributed by atoms with Gasteiger partial charge in [0.15, 0.2) is 0 Å². The molecule has 28 heavy (non-hydrogen) atoms. The van der Waals surface area contributed by atoms with Crippen LogP contribution in [0.5, 0.6) is 0 Å². The Morgan fingerprint density at radius 1 is 1.04 bits per heavy atom. The molecule has 2 aromatic carbocycles. The van der Waals surface area contributed by atoms with Crippen LogP contribution in [0.4, 0.5) is 17.1 Å². The normalized spacial score (nSPS) is 14.9. The highest BCUT2D eigenvalue weighted by Gasteiger charge is 2.15. The van der Waals surface area contributed by atoms with Crippen molar-refractivity contribution >= 4 is 28.9 Å². The highest BCUT2D eigenvalue weighted by molar-refractivity contribution is 5.97. The first kappa shape index (κ1) is 19.7. The highest BCUT2D eigenvalue weighted by Crippen LogP contribution is 2.19. The summed E-state index contributed by atoms with van der Waals surface area (Å²) in [6.07, 6.45) is 0. The van der Waals surface area contributed by atoms with Crippen LogP contribution in [0.1, 0.15) is 17.3 Å². The van der Waals surface area contributed by atoms with E-state index in [0.29, 0.717) is 11.3 Å². The number of amides is 2. The van der Waals surface area contributed by atoms with Crippen LogP contribution in [0.25, 0.3) is 0 Å². The van der Waals surface area contributed by atoms with Gasteiger partial charge in [0.2, 0.25) is 5.91 Å². The molecule has 3 N–H and O–H groups in total. The maximum Gasteiger partial charge on any atom is 0.251 e. The predicted molar refractivity (Wildman–Crippen MR) is 111 cm³/mol. The van der Waals surface area contributed by atoms with Crippen molar-refractivity contribution in [2.75, 3.05) is 48.9 Å². The Bertz CT molecular complexity index is 817. The van der Waals surface area contributed by atoms with Gasteiger partial charge in [-0.25, -0.2) is 0 Å². The molecule has 1 heterocycles. The van der Waals surface area contributed by atoms with E-state index in [0.717, 1.165) is 37.7 Å². The van der Waals surface area contributed by atoms with Crippen molar-refractivity contribution in [3.8, 4) is 0 Å².